The van der Waals surface area contributed by atoms with Crippen LogP contribution in [0.1, 0.15) is 11.3 Å². The average molecular weight is 341 g/mol. The number of halogens is 1. The van der Waals surface area contributed by atoms with E-state index < -0.39 is 0 Å². The Hall–Kier alpha value is -3.19. The van der Waals surface area contributed by atoms with Gasteiger partial charge in [0.2, 0.25) is 0 Å². The summed E-state index contributed by atoms with van der Waals surface area (Å²) in [5, 5.41) is 26.3. The van der Waals surface area contributed by atoms with Crippen molar-refractivity contribution in [2.75, 3.05) is 0 Å². The molecule has 2 aromatic carbocycles. The van der Waals surface area contributed by atoms with Crippen molar-refractivity contribution in [2.45, 2.75) is 0 Å². The number of nitrogens with two attached hydrogens (primary N) is 1. The average Bonchev–Trinajstić information content (AvgIpc) is 2.59. The van der Waals surface area contributed by atoms with E-state index in [1.54, 1.807) is 36.4 Å². The van der Waals surface area contributed by atoms with Gasteiger partial charge in [0.05, 0.1) is 11.7 Å². The van der Waals surface area contributed by atoms with Crippen LogP contribution in [0.5, 0.6) is 0 Å². The van der Waals surface area contributed by atoms with Gasteiger partial charge >= 0.3 is 0 Å². The summed E-state index contributed by atoms with van der Waals surface area (Å²) in [6.45, 7) is 0. The van der Waals surface area contributed by atoms with Crippen LogP contribution in [0.15, 0.2) is 58.7 Å². The third-order valence-corrected chi connectivity index (χ3v) is 3.63. The first-order valence-corrected chi connectivity index (χ1v) is 7.33. The highest BCUT2D eigenvalue weighted by molar-refractivity contribution is 6.33. The second kappa shape index (κ2) is 6.51. The monoisotopic (exact) mass is 340 g/mol. The highest BCUT2D eigenvalue weighted by Crippen LogP contribution is 2.12. The highest BCUT2D eigenvalue weighted by atomic mass is 35.5. The van der Waals surface area contributed by atoms with Crippen LogP contribution in [0.3, 0.4) is 0 Å². The first kappa shape index (κ1) is 15.7. The summed E-state index contributed by atoms with van der Waals surface area (Å²) in [6.07, 6.45) is 1.45. The molecule has 0 atom stereocenters. The van der Waals surface area contributed by atoms with Crippen LogP contribution in [-0.4, -0.2) is 27.0 Å². The van der Waals surface area contributed by atoms with Gasteiger partial charge in [-0.05, 0) is 18.2 Å². The van der Waals surface area contributed by atoms with Crippen LogP contribution in [-0.2, 0) is 0 Å². The van der Waals surface area contributed by atoms with Crippen LogP contribution in [0.2, 0.25) is 5.02 Å². The number of hydrogen-bond donors (Lipinski definition) is 3. The third kappa shape index (κ3) is 2.97. The first-order valence-electron chi connectivity index (χ1n) is 6.95. The quantitative estimate of drug-likeness (QED) is 0.294. The van der Waals surface area contributed by atoms with Gasteiger partial charge in [-0.25, -0.2) is 4.98 Å². The van der Waals surface area contributed by atoms with E-state index in [9.17, 15) is 5.21 Å². The molecule has 3 rings (SSSR count). The van der Waals surface area contributed by atoms with Gasteiger partial charge in [0.1, 0.15) is 5.52 Å². The van der Waals surface area contributed by atoms with Crippen LogP contribution >= 0.6 is 11.6 Å². The van der Waals surface area contributed by atoms with E-state index in [-0.39, 0.29) is 17.0 Å². The molecule has 24 heavy (non-hydrogen) atoms. The van der Waals surface area contributed by atoms with Gasteiger partial charge in [0.15, 0.2) is 17.0 Å². The summed E-state index contributed by atoms with van der Waals surface area (Å²) in [5.74, 6) is -0.0862. The molecule has 0 aliphatic rings. The Kier molecular flexibility index (Phi) is 4.26. The van der Waals surface area contributed by atoms with Gasteiger partial charge in [0.25, 0.3) is 0 Å². The molecule has 4 N–H and O–H groups in total. The van der Waals surface area contributed by atoms with Gasteiger partial charge < -0.3 is 10.9 Å². The van der Waals surface area contributed by atoms with Crippen molar-refractivity contribution >= 4 is 34.7 Å². The number of nitrogens with one attached hydrogen (secondary N) is 1. The Bertz CT molecular complexity index is 1020. The van der Waals surface area contributed by atoms with Crippen LogP contribution < -0.4 is 11.2 Å². The molecule has 7 nitrogen and oxygen atoms in total. The molecule has 120 valence electrons. The molecule has 0 saturated heterocycles. The summed E-state index contributed by atoms with van der Waals surface area (Å²) in [5.41, 5.74) is 7.19. The molecule has 0 aliphatic carbocycles. The van der Waals surface area contributed by atoms with E-state index >= 15 is 0 Å². The molecular weight excluding hydrogens is 328 g/mol. The Morgan fingerprint density at radius 2 is 1.92 bits per heavy atom. The molecule has 1 heterocycles. The number of aromatic nitrogens is 2. The lowest BCUT2D eigenvalue weighted by Gasteiger charge is -2.06. The number of amidine groups is 1. The Labute approximate surface area is 141 Å². The van der Waals surface area contributed by atoms with E-state index in [4.69, 9.17) is 22.7 Å². The summed E-state index contributed by atoms with van der Waals surface area (Å²) in [6, 6.07) is 14.0. The maximum atomic E-state index is 10.1. The fraction of sp³-hybridized carbons (Fsp3) is 0. The summed E-state index contributed by atoms with van der Waals surface area (Å²) < 4.78 is 0.706. The zero-order valence-corrected chi connectivity index (χ0v) is 13.1. The second-order valence-electron chi connectivity index (χ2n) is 4.86. The van der Waals surface area contributed by atoms with Crippen molar-refractivity contribution in [2.24, 2.45) is 15.9 Å². The van der Waals surface area contributed by atoms with E-state index in [2.05, 4.69) is 15.2 Å². The number of benzene rings is 2. The number of nitrogens with zero attached hydrogens (tertiary/aromatic N) is 4. The van der Waals surface area contributed by atoms with Crippen molar-refractivity contribution in [3.8, 4) is 0 Å². The van der Waals surface area contributed by atoms with Gasteiger partial charge in [-0.2, -0.15) is 9.83 Å². The van der Waals surface area contributed by atoms with E-state index in [1.807, 2.05) is 12.1 Å². The molecule has 0 spiro atoms. The van der Waals surface area contributed by atoms with Crippen molar-refractivity contribution in [3.63, 3.8) is 0 Å². The Balaban J connectivity index is 1.99. The summed E-state index contributed by atoms with van der Waals surface area (Å²) in [7, 11) is 0. The molecular formula is C16H13ClN6O. The minimum atomic E-state index is -0.275. The number of rotatable bonds is 3. The highest BCUT2D eigenvalue weighted by Gasteiger charge is 2.10. The topological polar surface area (TPSA) is 113 Å². The SMILES string of the molecule is N=c1c(C(N)=N/N=C\c2ccccc2Cl)nc2ccccc2n1O. The zero-order valence-electron chi connectivity index (χ0n) is 12.4. The van der Waals surface area contributed by atoms with Crippen molar-refractivity contribution in [1.82, 2.24) is 9.71 Å². The molecule has 0 amide bonds. The maximum Gasteiger partial charge on any atom is 0.191 e. The summed E-state index contributed by atoms with van der Waals surface area (Å²) >= 11 is 6.02. The third-order valence-electron chi connectivity index (χ3n) is 3.29. The molecule has 1 aromatic heterocycles. The lowest BCUT2D eigenvalue weighted by atomic mass is 10.2. The molecule has 0 radical (unpaired) electrons. The predicted molar refractivity (Wildman–Crippen MR) is 92.5 cm³/mol. The largest absolute Gasteiger partial charge is 0.426 e. The van der Waals surface area contributed by atoms with Crippen molar-refractivity contribution < 1.29 is 5.21 Å². The minimum absolute atomic E-state index is 0.0347. The normalized spacial score (nSPS) is 12.1. The number of para-hydroxylation sites is 2. The van der Waals surface area contributed by atoms with Crippen molar-refractivity contribution in [3.05, 3.63) is 70.3 Å². The van der Waals surface area contributed by atoms with E-state index in [1.165, 1.54) is 6.21 Å². The lowest BCUT2D eigenvalue weighted by Crippen LogP contribution is -2.31. The lowest BCUT2D eigenvalue weighted by molar-refractivity contribution is 0.183. The predicted octanol–water partition coefficient (Wildman–Crippen LogP) is 2.15. The summed E-state index contributed by atoms with van der Waals surface area (Å²) in [4.78, 5) is 4.25. The molecule has 0 fully saturated rings. The van der Waals surface area contributed by atoms with Crippen LogP contribution in [0, 0.1) is 5.41 Å². The second-order valence-corrected chi connectivity index (χ2v) is 5.27. The van der Waals surface area contributed by atoms with Crippen LogP contribution in [0.4, 0.5) is 0 Å². The smallest absolute Gasteiger partial charge is 0.191 e. The molecule has 0 saturated carbocycles. The maximum absolute atomic E-state index is 10.1. The number of fused-ring (bicyclic) bond motifs is 1. The molecule has 8 heteroatoms. The van der Waals surface area contributed by atoms with Gasteiger partial charge in [-0.1, -0.05) is 41.9 Å². The standard InChI is InChI=1S/C16H13ClN6O/c17-11-6-2-1-5-10(11)9-20-22-15(18)14-16(19)23(24)13-8-4-3-7-12(13)21-14/h1-9,19,24H,(H2,18,22)/b19-16?,20-9-. The number of hydrogen-bond acceptors (Lipinski definition) is 5. The molecule has 0 bridgehead atoms. The van der Waals surface area contributed by atoms with E-state index in [0.29, 0.717) is 26.3 Å². The Morgan fingerprint density at radius 3 is 2.71 bits per heavy atom. The molecule has 3 aromatic rings. The zero-order chi connectivity index (χ0) is 17.1. The fourth-order valence-electron chi connectivity index (χ4n) is 2.09. The molecule has 0 aliphatic heterocycles. The minimum Gasteiger partial charge on any atom is -0.426 e. The van der Waals surface area contributed by atoms with Crippen molar-refractivity contribution in [1.29, 1.82) is 5.41 Å². The Morgan fingerprint density at radius 1 is 1.21 bits per heavy atom. The fourth-order valence-corrected chi connectivity index (χ4v) is 2.28. The van der Waals surface area contributed by atoms with Crippen LogP contribution in [0.25, 0.3) is 11.0 Å². The van der Waals surface area contributed by atoms with Gasteiger partial charge in [-0.3, -0.25) is 5.41 Å². The van der Waals surface area contributed by atoms with Gasteiger partial charge in [-0.15, -0.1) is 5.10 Å². The van der Waals surface area contributed by atoms with E-state index in [0.717, 1.165) is 0 Å². The first-order chi connectivity index (χ1) is 11.6. The molecule has 0 unspecified atom stereocenters. The van der Waals surface area contributed by atoms with Gasteiger partial charge in [0, 0.05) is 10.6 Å².